The molecule has 0 fully saturated rings. The van der Waals surface area contributed by atoms with E-state index in [0.29, 0.717) is 13.1 Å². The first kappa shape index (κ1) is 27.5. The van der Waals surface area contributed by atoms with Crippen LogP contribution >= 0.6 is 0 Å². The van der Waals surface area contributed by atoms with Gasteiger partial charge in [-0.05, 0) is 57.2 Å². The maximum absolute atomic E-state index is 13.7. The maximum atomic E-state index is 13.7. The molecule has 0 aliphatic heterocycles. The van der Waals surface area contributed by atoms with Crippen molar-refractivity contribution in [3.8, 4) is 0 Å². The molecule has 0 aliphatic carbocycles. The summed E-state index contributed by atoms with van der Waals surface area (Å²) in [5.74, 6) is 0.0981. The Morgan fingerprint density at radius 3 is 2.39 bits per heavy atom. The SMILES string of the molecule is CCCCC(CC)C(=O)N(CC(=O)N(CCc1c[nH]c2ccccc12)Cc1ccc(C)cc1)C(C)C. The van der Waals surface area contributed by atoms with Crippen LogP contribution in [0.2, 0.25) is 0 Å². The summed E-state index contributed by atoms with van der Waals surface area (Å²) in [6.45, 7) is 11.6. The van der Waals surface area contributed by atoms with Gasteiger partial charge in [-0.25, -0.2) is 0 Å². The zero-order chi connectivity index (χ0) is 26.1. The van der Waals surface area contributed by atoms with Gasteiger partial charge in [0.1, 0.15) is 0 Å². The lowest BCUT2D eigenvalue weighted by Gasteiger charge is -2.32. The van der Waals surface area contributed by atoms with Gasteiger partial charge in [0.05, 0.1) is 6.54 Å². The second kappa shape index (κ2) is 13.3. The molecule has 3 aromatic rings. The second-order valence-corrected chi connectivity index (χ2v) is 10.2. The number of hydrogen-bond acceptors (Lipinski definition) is 2. The van der Waals surface area contributed by atoms with Crippen LogP contribution in [-0.4, -0.2) is 45.7 Å². The average Bonchev–Trinajstić information content (AvgIpc) is 3.29. The number of aryl methyl sites for hydroxylation is 1. The fourth-order valence-electron chi connectivity index (χ4n) is 4.75. The van der Waals surface area contributed by atoms with Crippen molar-refractivity contribution in [3.05, 3.63) is 71.4 Å². The standard InChI is InChI=1S/C31H43N3O2/c1-6-8-11-26(7-2)31(36)34(23(3)4)22-30(35)33(21-25-16-14-24(5)15-17-25)19-18-27-20-32-29-13-10-9-12-28(27)29/h9-10,12-17,20,23,26,32H,6-8,11,18-19,21-22H2,1-5H3. The van der Waals surface area contributed by atoms with Crippen molar-refractivity contribution in [1.82, 2.24) is 14.8 Å². The van der Waals surface area contributed by atoms with Crippen LogP contribution < -0.4 is 0 Å². The number of para-hydroxylation sites is 1. The number of aromatic amines is 1. The van der Waals surface area contributed by atoms with E-state index in [1.807, 2.05) is 37.1 Å². The number of hydrogen-bond donors (Lipinski definition) is 1. The van der Waals surface area contributed by atoms with Gasteiger partial charge in [-0.15, -0.1) is 0 Å². The van der Waals surface area contributed by atoms with Crippen LogP contribution in [0.1, 0.15) is 70.1 Å². The third-order valence-electron chi connectivity index (χ3n) is 7.13. The number of unbranched alkanes of at least 4 members (excludes halogenated alkanes) is 1. The van der Waals surface area contributed by atoms with Gasteiger partial charge in [-0.2, -0.15) is 0 Å². The number of aromatic nitrogens is 1. The monoisotopic (exact) mass is 489 g/mol. The minimum atomic E-state index is -0.0213. The van der Waals surface area contributed by atoms with Crippen molar-refractivity contribution >= 4 is 22.7 Å². The van der Waals surface area contributed by atoms with Gasteiger partial charge in [0.25, 0.3) is 0 Å². The van der Waals surface area contributed by atoms with E-state index >= 15 is 0 Å². The molecule has 2 amide bonds. The molecular weight excluding hydrogens is 446 g/mol. The van der Waals surface area contributed by atoms with Gasteiger partial charge in [0.15, 0.2) is 0 Å². The molecule has 1 atom stereocenters. The van der Waals surface area contributed by atoms with E-state index in [4.69, 9.17) is 0 Å². The molecule has 3 rings (SSSR count). The van der Waals surface area contributed by atoms with Crippen LogP contribution in [-0.2, 0) is 22.6 Å². The fraction of sp³-hybridized carbons (Fsp3) is 0.484. The second-order valence-electron chi connectivity index (χ2n) is 10.2. The van der Waals surface area contributed by atoms with Crippen LogP contribution in [0.5, 0.6) is 0 Å². The Labute approximate surface area is 216 Å². The molecule has 2 aromatic carbocycles. The van der Waals surface area contributed by atoms with E-state index in [0.717, 1.165) is 43.2 Å². The fourth-order valence-corrected chi connectivity index (χ4v) is 4.75. The number of carbonyl (C=O) groups excluding carboxylic acids is 2. The topological polar surface area (TPSA) is 56.4 Å². The Balaban J connectivity index is 1.78. The summed E-state index contributed by atoms with van der Waals surface area (Å²) < 4.78 is 0. The number of H-pyrrole nitrogens is 1. The van der Waals surface area contributed by atoms with E-state index in [9.17, 15) is 9.59 Å². The molecule has 1 N–H and O–H groups in total. The van der Waals surface area contributed by atoms with Crippen LogP contribution in [0.15, 0.2) is 54.7 Å². The van der Waals surface area contributed by atoms with Crippen molar-refractivity contribution in [2.24, 2.45) is 5.92 Å². The summed E-state index contributed by atoms with van der Waals surface area (Å²) in [6, 6.07) is 16.6. The number of fused-ring (bicyclic) bond motifs is 1. The summed E-state index contributed by atoms with van der Waals surface area (Å²) in [5, 5.41) is 1.20. The minimum Gasteiger partial charge on any atom is -0.361 e. The highest BCUT2D eigenvalue weighted by atomic mass is 16.2. The largest absolute Gasteiger partial charge is 0.361 e. The molecule has 0 spiro atoms. The molecule has 5 nitrogen and oxygen atoms in total. The molecule has 0 bridgehead atoms. The normalized spacial score (nSPS) is 12.2. The highest BCUT2D eigenvalue weighted by Gasteiger charge is 2.28. The molecule has 36 heavy (non-hydrogen) atoms. The zero-order valence-electron chi connectivity index (χ0n) is 22.7. The van der Waals surface area contributed by atoms with E-state index in [1.165, 1.54) is 16.5 Å². The Kier molecular flexibility index (Phi) is 10.2. The van der Waals surface area contributed by atoms with Gasteiger partial charge < -0.3 is 14.8 Å². The van der Waals surface area contributed by atoms with E-state index in [2.05, 4.69) is 62.2 Å². The number of benzene rings is 2. The van der Waals surface area contributed by atoms with Crippen molar-refractivity contribution in [2.45, 2.75) is 79.3 Å². The number of nitrogens with one attached hydrogen (secondary N) is 1. The lowest BCUT2D eigenvalue weighted by Crippen LogP contribution is -2.48. The molecule has 1 heterocycles. The van der Waals surface area contributed by atoms with E-state index in [1.54, 1.807) is 4.90 Å². The van der Waals surface area contributed by atoms with Crippen molar-refractivity contribution < 1.29 is 9.59 Å². The molecule has 1 aromatic heterocycles. The lowest BCUT2D eigenvalue weighted by molar-refractivity contribution is -0.145. The van der Waals surface area contributed by atoms with Gasteiger partial charge >= 0.3 is 0 Å². The van der Waals surface area contributed by atoms with E-state index < -0.39 is 0 Å². The smallest absolute Gasteiger partial charge is 0.242 e. The molecule has 0 saturated carbocycles. The summed E-state index contributed by atoms with van der Waals surface area (Å²) in [4.78, 5) is 34.2. The van der Waals surface area contributed by atoms with Crippen molar-refractivity contribution in [1.29, 1.82) is 0 Å². The first-order valence-corrected chi connectivity index (χ1v) is 13.5. The third kappa shape index (κ3) is 7.22. The molecule has 0 radical (unpaired) electrons. The average molecular weight is 490 g/mol. The molecule has 5 heteroatoms. The first-order chi connectivity index (χ1) is 17.3. The van der Waals surface area contributed by atoms with Crippen molar-refractivity contribution in [3.63, 3.8) is 0 Å². The van der Waals surface area contributed by atoms with Crippen LogP contribution in [0.4, 0.5) is 0 Å². The maximum Gasteiger partial charge on any atom is 0.242 e. The quantitative estimate of drug-likeness (QED) is 0.298. The lowest BCUT2D eigenvalue weighted by atomic mass is 9.97. The Morgan fingerprint density at radius 2 is 1.72 bits per heavy atom. The van der Waals surface area contributed by atoms with Crippen molar-refractivity contribution in [2.75, 3.05) is 13.1 Å². The molecular formula is C31H43N3O2. The highest BCUT2D eigenvalue weighted by molar-refractivity contribution is 5.86. The summed E-state index contributed by atoms with van der Waals surface area (Å²) in [7, 11) is 0. The van der Waals surface area contributed by atoms with Gasteiger partial charge in [-0.1, -0.05) is 74.7 Å². The Morgan fingerprint density at radius 1 is 1.00 bits per heavy atom. The van der Waals surface area contributed by atoms with Crippen LogP contribution in [0.25, 0.3) is 10.9 Å². The predicted octanol–water partition coefficient (Wildman–Crippen LogP) is 6.50. The zero-order valence-corrected chi connectivity index (χ0v) is 22.7. The van der Waals surface area contributed by atoms with E-state index in [-0.39, 0.29) is 30.3 Å². The summed E-state index contributed by atoms with van der Waals surface area (Å²) in [6.07, 6.45) is 6.60. The minimum absolute atomic E-state index is 0.00260. The van der Waals surface area contributed by atoms with Crippen LogP contribution in [0, 0.1) is 12.8 Å². The molecule has 1 unspecified atom stereocenters. The Hall–Kier alpha value is -3.08. The number of amides is 2. The molecule has 0 aliphatic rings. The molecule has 194 valence electrons. The Bertz CT molecular complexity index is 1120. The summed E-state index contributed by atoms with van der Waals surface area (Å²) in [5.41, 5.74) is 4.61. The third-order valence-corrected chi connectivity index (χ3v) is 7.13. The van der Waals surface area contributed by atoms with Crippen LogP contribution in [0.3, 0.4) is 0 Å². The first-order valence-electron chi connectivity index (χ1n) is 13.5. The number of nitrogens with zero attached hydrogens (tertiary/aromatic N) is 2. The van der Waals surface area contributed by atoms with Gasteiger partial charge in [0.2, 0.25) is 11.8 Å². The highest BCUT2D eigenvalue weighted by Crippen LogP contribution is 2.20. The van der Waals surface area contributed by atoms with Gasteiger partial charge in [-0.3, -0.25) is 9.59 Å². The predicted molar refractivity (Wildman–Crippen MR) is 149 cm³/mol. The summed E-state index contributed by atoms with van der Waals surface area (Å²) >= 11 is 0. The molecule has 0 saturated heterocycles. The number of rotatable bonds is 13. The van der Waals surface area contributed by atoms with Gasteiger partial charge in [0, 0.05) is 42.1 Å². The number of carbonyl (C=O) groups is 2.